The molecule has 8 aromatic carbocycles. The monoisotopic (exact) mass is 715 g/mol. The highest BCUT2D eigenvalue weighted by molar-refractivity contribution is 6.02. The molecule has 2 heteroatoms. The molecule has 0 saturated heterocycles. The maximum absolute atomic E-state index is 6.76. The highest BCUT2D eigenvalue weighted by Crippen LogP contribution is 2.65. The molecule has 3 aliphatic rings. The standard InChI is InChI=1S/C54H37NO/c1-53(2)45-20-10-6-16-39(45)41-30-26-35(32-48(41)53)34-24-27-37(28-25-34)55(36-14-4-3-5-15-36)38-29-31-42-40-17-7-11-21-46(40)54(49(42)33-38)47-22-12-8-18-43(47)52-51(54)44-19-9-13-23-50(44)56-52/h3-33H,1-2H3. The fourth-order valence-electron chi connectivity index (χ4n) is 10.4. The van der Waals surface area contributed by atoms with E-state index in [1.165, 1.54) is 77.7 Å². The molecule has 1 heterocycles. The van der Waals surface area contributed by atoms with Crippen LogP contribution >= 0.6 is 0 Å². The van der Waals surface area contributed by atoms with Gasteiger partial charge in [-0.15, -0.1) is 0 Å². The molecule has 0 aliphatic heterocycles. The molecule has 12 rings (SSSR count). The van der Waals surface area contributed by atoms with Crippen LogP contribution in [0.4, 0.5) is 17.1 Å². The van der Waals surface area contributed by atoms with Crippen LogP contribution in [-0.4, -0.2) is 0 Å². The molecule has 0 bridgehead atoms. The summed E-state index contributed by atoms with van der Waals surface area (Å²) in [5.74, 6) is 0.976. The summed E-state index contributed by atoms with van der Waals surface area (Å²) in [4.78, 5) is 2.40. The number of anilines is 3. The molecular formula is C54H37NO. The fourth-order valence-corrected chi connectivity index (χ4v) is 10.4. The molecule has 0 radical (unpaired) electrons. The molecule has 0 saturated carbocycles. The Morgan fingerprint density at radius 3 is 1.71 bits per heavy atom. The van der Waals surface area contributed by atoms with Crippen molar-refractivity contribution in [2.24, 2.45) is 0 Å². The van der Waals surface area contributed by atoms with Crippen molar-refractivity contribution < 1.29 is 4.42 Å². The maximum atomic E-state index is 6.76. The van der Waals surface area contributed by atoms with Gasteiger partial charge in [-0.25, -0.2) is 0 Å². The predicted octanol–water partition coefficient (Wildman–Crippen LogP) is 14.2. The lowest BCUT2D eigenvalue weighted by Gasteiger charge is -2.31. The van der Waals surface area contributed by atoms with Gasteiger partial charge in [0.25, 0.3) is 0 Å². The first-order chi connectivity index (χ1) is 27.5. The highest BCUT2D eigenvalue weighted by Gasteiger charge is 2.54. The minimum atomic E-state index is -0.520. The van der Waals surface area contributed by atoms with E-state index in [1.54, 1.807) is 0 Å². The van der Waals surface area contributed by atoms with Crippen LogP contribution in [0.25, 0.3) is 55.7 Å². The molecule has 0 N–H and O–H groups in total. The van der Waals surface area contributed by atoms with E-state index >= 15 is 0 Å². The predicted molar refractivity (Wildman–Crippen MR) is 230 cm³/mol. The van der Waals surface area contributed by atoms with Crippen LogP contribution < -0.4 is 4.90 Å². The van der Waals surface area contributed by atoms with Crippen molar-refractivity contribution in [3.63, 3.8) is 0 Å². The number of hydrogen-bond acceptors (Lipinski definition) is 2. The minimum Gasteiger partial charge on any atom is -0.456 e. The Morgan fingerprint density at radius 2 is 0.929 bits per heavy atom. The van der Waals surface area contributed by atoms with Crippen LogP contribution in [0, 0.1) is 0 Å². The van der Waals surface area contributed by atoms with E-state index in [0.29, 0.717) is 0 Å². The maximum Gasteiger partial charge on any atom is 0.140 e. The molecule has 0 fully saturated rings. The summed E-state index contributed by atoms with van der Waals surface area (Å²) in [7, 11) is 0. The van der Waals surface area contributed by atoms with Gasteiger partial charge < -0.3 is 9.32 Å². The minimum absolute atomic E-state index is 0.0417. The molecule has 0 amide bonds. The summed E-state index contributed by atoms with van der Waals surface area (Å²) < 4.78 is 6.76. The van der Waals surface area contributed by atoms with Gasteiger partial charge in [0.2, 0.25) is 0 Å². The number of hydrogen-bond donors (Lipinski definition) is 0. The fraction of sp³-hybridized carbons (Fsp3) is 0.0741. The van der Waals surface area contributed by atoms with E-state index < -0.39 is 5.41 Å². The Labute approximate surface area is 327 Å². The van der Waals surface area contributed by atoms with Gasteiger partial charge >= 0.3 is 0 Å². The summed E-state index contributed by atoms with van der Waals surface area (Å²) in [6.45, 7) is 4.70. The first-order valence-electron chi connectivity index (χ1n) is 19.6. The lowest BCUT2D eigenvalue weighted by molar-refractivity contribution is 0.628. The van der Waals surface area contributed by atoms with Gasteiger partial charge in [0, 0.05) is 39.0 Å². The molecule has 2 nitrogen and oxygen atoms in total. The van der Waals surface area contributed by atoms with Crippen molar-refractivity contribution in [3.05, 3.63) is 221 Å². The van der Waals surface area contributed by atoms with E-state index in [2.05, 4.69) is 207 Å². The Kier molecular flexibility index (Phi) is 6.36. The zero-order chi connectivity index (χ0) is 37.2. The van der Waals surface area contributed by atoms with E-state index in [0.717, 1.165) is 28.4 Å². The number of furan rings is 1. The Bertz CT molecular complexity index is 3060. The summed E-state index contributed by atoms with van der Waals surface area (Å²) >= 11 is 0. The quantitative estimate of drug-likeness (QED) is 0.180. The topological polar surface area (TPSA) is 16.4 Å². The average Bonchev–Trinajstić information content (AvgIpc) is 3.93. The second-order valence-electron chi connectivity index (χ2n) is 16.0. The van der Waals surface area contributed by atoms with Crippen LogP contribution in [0.2, 0.25) is 0 Å². The van der Waals surface area contributed by atoms with Gasteiger partial charge in [0.1, 0.15) is 11.3 Å². The molecular weight excluding hydrogens is 679 g/mol. The highest BCUT2D eigenvalue weighted by atomic mass is 16.3. The Hall–Kier alpha value is -6.90. The summed E-state index contributed by atoms with van der Waals surface area (Å²) in [6.07, 6.45) is 0. The number of para-hydroxylation sites is 2. The average molecular weight is 716 g/mol. The number of fused-ring (bicyclic) bond motifs is 15. The van der Waals surface area contributed by atoms with Crippen molar-refractivity contribution in [1.29, 1.82) is 0 Å². The molecule has 264 valence electrons. The van der Waals surface area contributed by atoms with Crippen molar-refractivity contribution in [3.8, 4) is 44.7 Å². The van der Waals surface area contributed by atoms with E-state index in [-0.39, 0.29) is 5.41 Å². The SMILES string of the molecule is CC1(C)c2ccccc2-c2ccc(-c3ccc(N(c4ccccc4)c4ccc5c(c4)C4(c6ccccc6-5)c5ccccc5-c5oc6ccccc6c54)cc3)cc21. The zero-order valence-electron chi connectivity index (χ0n) is 31.3. The van der Waals surface area contributed by atoms with Gasteiger partial charge in [-0.3, -0.25) is 0 Å². The molecule has 56 heavy (non-hydrogen) atoms. The third kappa shape index (κ3) is 4.06. The largest absolute Gasteiger partial charge is 0.456 e. The van der Waals surface area contributed by atoms with Crippen molar-refractivity contribution in [2.75, 3.05) is 4.90 Å². The second kappa shape index (κ2) is 11.3. The van der Waals surface area contributed by atoms with E-state index in [1.807, 2.05) is 0 Å². The lowest BCUT2D eigenvalue weighted by atomic mass is 9.70. The van der Waals surface area contributed by atoms with E-state index in [4.69, 9.17) is 4.42 Å². The number of nitrogens with zero attached hydrogens (tertiary/aromatic N) is 1. The normalized spacial score (nSPS) is 16.2. The zero-order valence-corrected chi connectivity index (χ0v) is 31.3. The Balaban J connectivity index is 1.03. The van der Waals surface area contributed by atoms with Gasteiger partial charge in [0.15, 0.2) is 0 Å². The number of rotatable bonds is 4. The van der Waals surface area contributed by atoms with Gasteiger partial charge in [-0.05, 0) is 110 Å². The third-order valence-electron chi connectivity index (χ3n) is 12.9. The van der Waals surface area contributed by atoms with Gasteiger partial charge in [0.05, 0.1) is 5.41 Å². The molecule has 1 spiro atoms. The lowest BCUT2D eigenvalue weighted by Crippen LogP contribution is -2.26. The van der Waals surface area contributed by atoms with Crippen LogP contribution in [-0.2, 0) is 10.8 Å². The smallest absolute Gasteiger partial charge is 0.140 e. The van der Waals surface area contributed by atoms with Crippen LogP contribution in [0.1, 0.15) is 47.2 Å². The molecule has 1 unspecified atom stereocenters. The summed E-state index contributed by atoms with van der Waals surface area (Å²) in [5.41, 5.74) is 20.5. The molecule has 1 atom stereocenters. The van der Waals surface area contributed by atoms with E-state index in [9.17, 15) is 0 Å². The summed E-state index contributed by atoms with van der Waals surface area (Å²) in [5, 5.41) is 1.17. The van der Waals surface area contributed by atoms with Crippen molar-refractivity contribution in [2.45, 2.75) is 24.7 Å². The summed E-state index contributed by atoms with van der Waals surface area (Å²) in [6, 6.07) is 69.2. The van der Waals surface area contributed by atoms with Crippen LogP contribution in [0.3, 0.4) is 0 Å². The second-order valence-corrected chi connectivity index (χ2v) is 16.0. The third-order valence-corrected chi connectivity index (χ3v) is 12.9. The van der Waals surface area contributed by atoms with Crippen molar-refractivity contribution in [1.82, 2.24) is 0 Å². The van der Waals surface area contributed by atoms with Crippen LogP contribution in [0.15, 0.2) is 192 Å². The Morgan fingerprint density at radius 1 is 0.393 bits per heavy atom. The van der Waals surface area contributed by atoms with Gasteiger partial charge in [-0.2, -0.15) is 0 Å². The molecule has 9 aromatic rings. The first kappa shape index (κ1) is 31.5. The van der Waals surface area contributed by atoms with Gasteiger partial charge in [-0.1, -0.05) is 153 Å². The number of benzene rings is 8. The van der Waals surface area contributed by atoms with Crippen molar-refractivity contribution >= 4 is 28.0 Å². The van der Waals surface area contributed by atoms with Crippen LogP contribution in [0.5, 0.6) is 0 Å². The molecule has 1 aromatic heterocycles. The molecule has 3 aliphatic carbocycles. The first-order valence-corrected chi connectivity index (χ1v) is 19.6.